The summed E-state index contributed by atoms with van der Waals surface area (Å²) < 4.78 is 0. The monoisotopic (exact) mass is 349 g/mol. The fraction of sp³-hybridized carbons (Fsp3) is 0.211. The third-order valence-electron chi connectivity index (χ3n) is 3.91. The lowest BCUT2D eigenvalue weighted by Gasteiger charge is -2.08. The highest BCUT2D eigenvalue weighted by Gasteiger charge is 2.14. The Labute approximate surface area is 150 Å². The van der Waals surface area contributed by atoms with E-state index >= 15 is 0 Å². The summed E-state index contributed by atoms with van der Waals surface area (Å²) in [5.41, 5.74) is 2.62. The van der Waals surface area contributed by atoms with Gasteiger partial charge < -0.3 is 10.3 Å². The Morgan fingerprint density at radius 3 is 2.62 bits per heavy atom. The topological polar surface area (TPSA) is 101 Å². The molecule has 3 aromatic rings. The number of aromatic nitrogens is 4. The van der Waals surface area contributed by atoms with Crippen LogP contribution in [0.2, 0.25) is 0 Å². The summed E-state index contributed by atoms with van der Waals surface area (Å²) in [4.78, 5) is 39.7. The van der Waals surface area contributed by atoms with E-state index in [0.29, 0.717) is 23.6 Å². The van der Waals surface area contributed by atoms with Crippen molar-refractivity contribution < 1.29 is 4.79 Å². The van der Waals surface area contributed by atoms with Crippen LogP contribution in [0.25, 0.3) is 11.6 Å². The third-order valence-corrected chi connectivity index (χ3v) is 3.91. The molecule has 2 heterocycles. The second-order valence-corrected chi connectivity index (χ2v) is 5.99. The van der Waals surface area contributed by atoms with Crippen LogP contribution < -0.4 is 10.9 Å². The molecule has 0 saturated carbocycles. The molecule has 0 atom stereocenters. The van der Waals surface area contributed by atoms with Gasteiger partial charge in [-0.1, -0.05) is 29.8 Å². The number of aromatic amines is 1. The van der Waals surface area contributed by atoms with Gasteiger partial charge in [0.1, 0.15) is 0 Å². The zero-order valence-corrected chi connectivity index (χ0v) is 14.6. The molecule has 0 saturated heterocycles. The average molecular weight is 349 g/mol. The lowest BCUT2D eigenvalue weighted by Crippen LogP contribution is -2.29. The van der Waals surface area contributed by atoms with Crippen LogP contribution in [0.1, 0.15) is 22.4 Å². The molecule has 0 aliphatic carbocycles. The number of nitrogens with zero attached hydrogens (tertiary/aromatic N) is 3. The number of hydrogen-bond donors (Lipinski definition) is 2. The van der Waals surface area contributed by atoms with E-state index in [2.05, 4.69) is 25.3 Å². The standard InChI is InChI=1S/C19H19N5O2/c1-12-5-3-6-14(9-12)11-22-16(25)10-15-13(2)23-18(24-19(15)26)17-20-7-4-8-21-17/h3-9H,10-11H2,1-2H3,(H,22,25)(H,23,24,26). The van der Waals surface area contributed by atoms with E-state index < -0.39 is 0 Å². The molecule has 132 valence electrons. The Morgan fingerprint density at radius 1 is 1.15 bits per heavy atom. The minimum atomic E-state index is -0.356. The van der Waals surface area contributed by atoms with Crippen molar-refractivity contribution in [2.75, 3.05) is 0 Å². The molecule has 0 bridgehead atoms. The van der Waals surface area contributed by atoms with E-state index in [1.807, 2.05) is 31.2 Å². The first-order valence-electron chi connectivity index (χ1n) is 8.22. The number of nitrogens with one attached hydrogen (secondary N) is 2. The Kier molecular flexibility index (Phi) is 5.17. The summed E-state index contributed by atoms with van der Waals surface area (Å²) in [5.74, 6) is 0.394. The summed E-state index contributed by atoms with van der Waals surface area (Å²) in [6, 6.07) is 9.58. The molecule has 0 radical (unpaired) electrons. The highest BCUT2D eigenvalue weighted by Crippen LogP contribution is 2.09. The molecule has 0 aliphatic heterocycles. The maximum absolute atomic E-state index is 12.4. The van der Waals surface area contributed by atoms with Crippen molar-refractivity contribution in [1.29, 1.82) is 0 Å². The fourth-order valence-electron chi connectivity index (χ4n) is 2.59. The summed E-state index contributed by atoms with van der Waals surface area (Å²) in [6.45, 7) is 4.11. The molecule has 7 nitrogen and oxygen atoms in total. The van der Waals surface area contributed by atoms with E-state index in [1.54, 1.807) is 25.4 Å². The quantitative estimate of drug-likeness (QED) is 0.730. The minimum absolute atomic E-state index is 0.0318. The lowest BCUT2D eigenvalue weighted by molar-refractivity contribution is -0.120. The Hall–Kier alpha value is -3.35. The predicted molar refractivity (Wildman–Crippen MR) is 97.4 cm³/mol. The van der Waals surface area contributed by atoms with Crippen molar-refractivity contribution in [3.63, 3.8) is 0 Å². The first-order chi connectivity index (χ1) is 12.5. The SMILES string of the molecule is Cc1cccc(CNC(=O)Cc2c(C)nc(-c3ncccn3)[nH]c2=O)c1. The lowest BCUT2D eigenvalue weighted by atomic mass is 10.1. The van der Waals surface area contributed by atoms with Crippen LogP contribution in [0.3, 0.4) is 0 Å². The highest BCUT2D eigenvalue weighted by molar-refractivity contribution is 5.78. The third kappa shape index (κ3) is 4.18. The van der Waals surface area contributed by atoms with E-state index in [9.17, 15) is 9.59 Å². The molecule has 1 amide bonds. The van der Waals surface area contributed by atoms with Crippen molar-refractivity contribution in [2.24, 2.45) is 0 Å². The van der Waals surface area contributed by atoms with E-state index in [-0.39, 0.29) is 23.7 Å². The van der Waals surface area contributed by atoms with Crippen LogP contribution in [0, 0.1) is 13.8 Å². The van der Waals surface area contributed by atoms with E-state index in [4.69, 9.17) is 0 Å². The van der Waals surface area contributed by atoms with Gasteiger partial charge in [0.05, 0.1) is 6.42 Å². The number of aryl methyl sites for hydroxylation is 2. The van der Waals surface area contributed by atoms with Gasteiger partial charge in [-0.15, -0.1) is 0 Å². The molecule has 1 aromatic carbocycles. The van der Waals surface area contributed by atoms with Gasteiger partial charge in [0.2, 0.25) is 5.91 Å². The molecule has 26 heavy (non-hydrogen) atoms. The van der Waals surface area contributed by atoms with Gasteiger partial charge in [-0.3, -0.25) is 9.59 Å². The second kappa shape index (κ2) is 7.69. The zero-order valence-electron chi connectivity index (χ0n) is 14.6. The van der Waals surface area contributed by atoms with Gasteiger partial charge >= 0.3 is 0 Å². The molecule has 0 spiro atoms. The van der Waals surface area contributed by atoms with Crippen molar-refractivity contribution >= 4 is 5.91 Å². The predicted octanol–water partition coefficient (Wildman–Crippen LogP) is 1.70. The molecular formula is C19H19N5O2. The van der Waals surface area contributed by atoms with Gasteiger partial charge in [-0.2, -0.15) is 0 Å². The summed E-state index contributed by atoms with van der Waals surface area (Å²) in [7, 11) is 0. The number of rotatable bonds is 5. The largest absolute Gasteiger partial charge is 0.352 e. The van der Waals surface area contributed by atoms with E-state index in [0.717, 1.165) is 11.1 Å². The molecule has 3 rings (SSSR count). The molecule has 0 aliphatic rings. The number of carbonyl (C=O) groups is 1. The van der Waals surface area contributed by atoms with Gasteiger partial charge in [0, 0.05) is 30.2 Å². The van der Waals surface area contributed by atoms with Crippen molar-refractivity contribution in [2.45, 2.75) is 26.8 Å². The fourth-order valence-corrected chi connectivity index (χ4v) is 2.59. The number of benzene rings is 1. The number of H-pyrrole nitrogens is 1. The molecule has 2 N–H and O–H groups in total. The van der Waals surface area contributed by atoms with Gasteiger partial charge in [-0.05, 0) is 25.5 Å². The van der Waals surface area contributed by atoms with Crippen molar-refractivity contribution in [1.82, 2.24) is 25.3 Å². The van der Waals surface area contributed by atoms with Crippen molar-refractivity contribution in [3.05, 3.63) is 75.5 Å². The molecule has 0 unspecified atom stereocenters. The van der Waals surface area contributed by atoms with Gasteiger partial charge in [0.25, 0.3) is 5.56 Å². The maximum Gasteiger partial charge on any atom is 0.255 e. The average Bonchev–Trinajstić information content (AvgIpc) is 2.63. The minimum Gasteiger partial charge on any atom is -0.352 e. The number of hydrogen-bond acceptors (Lipinski definition) is 5. The van der Waals surface area contributed by atoms with Crippen LogP contribution in [-0.2, 0) is 17.8 Å². The van der Waals surface area contributed by atoms with Gasteiger partial charge in [-0.25, -0.2) is 15.0 Å². The second-order valence-electron chi connectivity index (χ2n) is 5.99. The van der Waals surface area contributed by atoms with Gasteiger partial charge in [0.15, 0.2) is 11.6 Å². The van der Waals surface area contributed by atoms with E-state index in [1.165, 1.54) is 0 Å². The van der Waals surface area contributed by atoms with Crippen LogP contribution in [0.4, 0.5) is 0 Å². The smallest absolute Gasteiger partial charge is 0.255 e. The molecule has 7 heteroatoms. The van der Waals surface area contributed by atoms with Crippen LogP contribution >= 0.6 is 0 Å². The van der Waals surface area contributed by atoms with Crippen LogP contribution in [0.5, 0.6) is 0 Å². The Bertz CT molecular complexity index is 983. The zero-order chi connectivity index (χ0) is 18.5. The molecule has 0 fully saturated rings. The number of carbonyl (C=O) groups excluding carboxylic acids is 1. The first-order valence-corrected chi connectivity index (χ1v) is 8.22. The highest BCUT2D eigenvalue weighted by atomic mass is 16.2. The summed E-state index contributed by atoms with van der Waals surface area (Å²) in [6.07, 6.45) is 3.12. The summed E-state index contributed by atoms with van der Waals surface area (Å²) in [5, 5.41) is 2.83. The maximum atomic E-state index is 12.4. The van der Waals surface area contributed by atoms with Crippen molar-refractivity contribution in [3.8, 4) is 11.6 Å². The molecule has 2 aromatic heterocycles. The van der Waals surface area contributed by atoms with Crippen LogP contribution in [-0.4, -0.2) is 25.8 Å². The Balaban J connectivity index is 1.71. The summed E-state index contributed by atoms with van der Waals surface area (Å²) >= 11 is 0. The number of amides is 1. The Morgan fingerprint density at radius 2 is 1.92 bits per heavy atom. The first kappa shape index (κ1) is 17.5. The normalized spacial score (nSPS) is 10.5. The molecular weight excluding hydrogens is 330 g/mol. The van der Waals surface area contributed by atoms with Crippen LogP contribution in [0.15, 0.2) is 47.5 Å².